The Labute approximate surface area is 149 Å². The maximum Gasteiger partial charge on any atom is 0.337 e. The van der Waals surface area contributed by atoms with E-state index in [2.05, 4.69) is 35.0 Å². The molecule has 0 radical (unpaired) electrons. The summed E-state index contributed by atoms with van der Waals surface area (Å²) in [5.74, 6) is -0.345. The summed E-state index contributed by atoms with van der Waals surface area (Å²) in [6, 6.07) is 11.9. The fourth-order valence-corrected chi connectivity index (χ4v) is 3.11. The minimum atomic E-state index is -0.345. The molecule has 2 aromatic rings. The molecule has 0 aromatic heterocycles. The highest BCUT2D eigenvalue weighted by molar-refractivity contribution is 5.91. The first kappa shape index (κ1) is 17.2. The van der Waals surface area contributed by atoms with Crippen molar-refractivity contribution in [2.45, 2.75) is 26.7 Å². The third-order valence-corrected chi connectivity index (χ3v) is 4.70. The van der Waals surface area contributed by atoms with Crippen molar-refractivity contribution in [2.75, 3.05) is 25.1 Å². The maximum atomic E-state index is 11.7. The molecule has 0 atom stereocenters. The average Bonchev–Trinajstić information content (AvgIpc) is 3.16. The number of esters is 1. The highest BCUT2D eigenvalue weighted by Gasteiger charge is 2.12. The third-order valence-electron chi connectivity index (χ3n) is 4.70. The van der Waals surface area contributed by atoms with Crippen LogP contribution in [0.2, 0.25) is 0 Å². The topological polar surface area (TPSA) is 41.9 Å². The molecule has 2 aromatic carbocycles. The van der Waals surface area contributed by atoms with E-state index in [4.69, 9.17) is 4.74 Å². The molecule has 0 aliphatic carbocycles. The number of nitrogens with zero attached hydrogens (tertiary/aromatic N) is 2. The molecule has 0 spiro atoms. The molecule has 1 aliphatic rings. The van der Waals surface area contributed by atoms with E-state index in [0.717, 1.165) is 29.9 Å². The lowest BCUT2D eigenvalue weighted by molar-refractivity contribution is 0.0601. The molecule has 0 unspecified atom stereocenters. The van der Waals surface area contributed by atoms with E-state index in [1.807, 2.05) is 19.2 Å². The lowest BCUT2D eigenvalue weighted by Crippen LogP contribution is -2.17. The van der Waals surface area contributed by atoms with E-state index >= 15 is 0 Å². The van der Waals surface area contributed by atoms with Crippen LogP contribution in [0.3, 0.4) is 0 Å². The van der Waals surface area contributed by atoms with Gasteiger partial charge in [-0.05, 0) is 67.6 Å². The van der Waals surface area contributed by atoms with Crippen molar-refractivity contribution in [1.82, 2.24) is 0 Å². The smallest absolute Gasteiger partial charge is 0.337 e. The number of ether oxygens (including phenoxy) is 1. The Morgan fingerprint density at radius 1 is 1.08 bits per heavy atom. The Morgan fingerprint density at radius 3 is 2.52 bits per heavy atom. The SMILES string of the molecule is COC(=O)c1ccc(C)c(N=Cc2ccc(N3CCCC3)cc2C)c1. The second-order valence-electron chi connectivity index (χ2n) is 6.49. The van der Waals surface area contributed by atoms with E-state index in [-0.39, 0.29) is 5.97 Å². The molecule has 4 heteroatoms. The Morgan fingerprint density at radius 2 is 1.84 bits per heavy atom. The zero-order chi connectivity index (χ0) is 17.8. The summed E-state index contributed by atoms with van der Waals surface area (Å²) >= 11 is 0. The standard InChI is InChI=1S/C21H24N2O2/c1-15-6-7-17(21(24)25-3)13-20(15)22-14-18-8-9-19(12-16(18)2)23-10-4-5-11-23/h6-9,12-14H,4-5,10-11H2,1-3H3. The fraction of sp³-hybridized carbons (Fsp3) is 0.333. The summed E-state index contributed by atoms with van der Waals surface area (Å²) in [6.07, 6.45) is 4.42. The molecule has 1 fully saturated rings. The zero-order valence-corrected chi connectivity index (χ0v) is 15.1. The van der Waals surface area contributed by atoms with Gasteiger partial charge in [-0.25, -0.2) is 4.79 Å². The van der Waals surface area contributed by atoms with Crippen LogP contribution in [0.5, 0.6) is 0 Å². The molecule has 1 heterocycles. The van der Waals surface area contributed by atoms with Crippen molar-refractivity contribution in [3.63, 3.8) is 0 Å². The fourth-order valence-electron chi connectivity index (χ4n) is 3.11. The highest BCUT2D eigenvalue weighted by Crippen LogP contribution is 2.24. The Balaban J connectivity index is 1.83. The van der Waals surface area contributed by atoms with Crippen molar-refractivity contribution in [3.05, 3.63) is 58.7 Å². The van der Waals surface area contributed by atoms with Crippen LogP contribution in [-0.2, 0) is 4.74 Å². The molecule has 0 saturated carbocycles. The van der Waals surface area contributed by atoms with Gasteiger partial charge < -0.3 is 9.64 Å². The number of anilines is 1. The number of hydrogen-bond acceptors (Lipinski definition) is 4. The number of aryl methyl sites for hydroxylation is 2. The number of rotatable bonds is 4. The first-order chi connectivity index (χ1) is 12.1. The molecule has 0 amide bonds. The Kier molecular flexibility index (Phi) is 5.17. The van der Waals surface area contributed by atoms with Gasteiger partial charge in [-0.15, -0.1) is 0 Å². The summed E-state index contributed by atoms with van der Waals surface area (Å²) in [6.45, 7) is 6.38. The first-order valence-electron chi connectivity index (χ1n) is 8.67. The first-order valence-corrected chi connectivity index (χ1v) is 8.67. The van der Waals surface area contributed by atoms with Crippen molar-refractivity contribution < 1.29 is 9.53 Å². The molecule has 0 N–H and O–H groups in total. The summed E-state index contributed by atoms with van der Waals surface area (Å²) in [5, 5.41) is 0. The molecule has 4 nitrogen and oxygen atoms in total. The Bertz CT molecular complexity index is 806. The third kappa shape index (κ3) is 3.90. The predicted molar refractivity (Wildman–Crippen MR) is 102 cm³/mol. The van der Waals surface area contributed by atoms with Gasteiger partial charge in [-0.3, -0.25) is 4.99 Å². The quantitative estimate of drug-likeness (QED) is 0.612. The van der Waals surface area contributed by atoms with Crippen LogP contribution in [0.15, 0.2) is 41.4 Å². The van der Waals surface area contributed by atoms with Crippen LogP contribution < -0.4 is 4.90 Å². The molecule has 25 heavy (non-hydrogen) atoms. The van der Waals surface area contributed by atoms with Crippen molar-refractivity contribution in [3.8, 4) is 0 Å². The van der Waals surface area contributed by atoms with Gasteiger partial charge in [0.2, 0.25) is 0 Å². The van der Waals surface area contributed by atoms with Crippen molar-refractivity contribution in [2.24, 2.45) is 4.99 Å². The minimum absolute atomic E-state index is 0.345. The normalized spacial score (nSPS) is 14.3. The van der Waals surface area contributed by atoms with Gasteiger partial charge in [0.05, 0.1) is 18.4 Å². The maximum absolute atomic E-state index is 11.7. The highest BCUT2D eigenvalue weighted by atomic mass is 16.5. The molecule has 130 valence electrons. The monoisotopic (exact) mass is 336 g/mol. The van der Waals surface area contributed by atoms with E-state index in [1.54, 1.807) is 12.1 Å². The van der Waals surface area contributed by atoms with Gasteiger partial charge in [-0.2, -0.15) is 0 Å². The van der Waals surface area contributed by atoms with E-state index < -0.39 is 0 Å². The van der Waals surface area contributed by atoms with E-state index in [9.17, 15) is 4.79 Å². The lowest BCUT2D eigenvalue weighted by atomic mass is 10.1. The van der Waals surface area contributed by atoms with Crippen LogP contribution in [0.1, 0.15) is 39.9 Å². The van der Waals surface area contributed by atoms with Gasteiger partial charge in [0, 0.05) is 25.0 Å². The van der Waals surface area contributed by atoms with E-state index in [0.29, 0.717) is 5.56 Å². The number of hydrogen-bond donors (Lipinski definition) is 0. The molecule has 0 bridgehead atoms. The Hall–Kier alpha value is -2.62. The van der Waals surface area contributed by atoms with Crippen LogP contribution >= 0.6 is 0 Å². The molecular formula is C21H24N2O2. The van der Waals surface area contributed by atoms with Crippen LogP contribution in [0, 0.1) is 13.8 Å². The van der Waals surface area contributed by atoms with Gasteiger partial charge >= 0.3 is 5.97 Å². The second kappa shape index (κ2) is 7.51. The molecule has 3 rings (SSSR count). The molecule has 1 aliphatic heterocycles. The van der Waals surface area contributed by atoms with Crippen molar-refractivity contribution >= 4 is 23.6 Å². The predicted octanol–water partition coefficient (Wildman–Crippen LogP) is 4.44. The van der Waals surface area contributed by atoms with Gasteiger partial charge in [0.1, 0.15) is 0 Å². The second-order valence-corrected chi connectivity index (χ2v) is 6.49. The van der Waals surface area contributed by atoms with Crippen LogP contribution in [0.4, 0.5) is 11.4 Å². The molecular weight excluding hydrogens is 312 g/mol. The number of aliphatic imine (C=N–C) groups is 1. The summed E-state index contributed by atoms with van der Waals surface area (Å²) in [4.78, 5) is 18.7. The van der Waals surface area contributed by atoms with Gasteiger partial charge in [0.25, 0.3) is 0 Å². The summed E-state index contributed by atoms with van der Waals surface area (Å²) in [7, 11) is 1.39. The van der Waals surface area contributed by atoms with E-state index in [1.165, 1.54) is 31.2 Å². The number of carbonyl (C=O) groups excluding carboxylic acids is 1. The van der Waals surface area contributed by atoms with Gasteiger partial charge in [0.15, 0.2) is 0 Å². The number of methoxy groups -OCH3 is 1. The van der Waals surface area contributed by atoms with Crippen molar-refractivity contribution in [1.29, 1.82) is 0 Å². The molecule has 1 saturated heterocycles. The lowest BCUT2D eigenvalue weighted by Gasteiger charge is -2.18. The number of benzene rings is 2. The minimum Gasteiger partial charge on any atom is -0.465 e. The summed E-state index contributed by atoms with van der Waals surface area (Å²) < 4.78 is 4.78. The average molecular weight is 336 g/mol. The summed E-state index contributed by atoms with van der Waals surface area (Å²) in [5.41, 5.74) is 5.90. The largest absolute Gasteiger partial charge is 0.465 e. The van der Waals surface area contributed by atoms with Gasteiger partial charge in [-0.1, -0.05) is 12.1 Å². The van der Waals surface area contributed by atoms with Crippen LogP contribution in [0.25, 0.3) is 0 Å². The van der Waals surface area contributed by atoms with Crippen LogP contribution in [-0.4, -0.2) is 32.4 Å². The zero-order valence-electron chi connectivity index (χ0n) is 15.1. The number of carbonyl (C=O) groups is 1.